The predicted octanol–water partition coefficient (Wildman–Crippen LogP) is 8.55. The molecule has 0 saturated heterocycles. The van der Waals surface area contributed by atoms with Crippen LogP contribution in [0.1, 0.15) is 161 Å². The number of hydrogen-bond acceptors (Lipinski definition) is 4. The van der Waals surface area contributed by atoms with E-state index in [4.69, 9.17) is 19.8 Å². The summed E-state index contributed by atoms with van der Waals surface area (Å²) in [7, 11) is -2.62. The molecule has 0 unspecified atom stereocenters. The van der Waals surface area contributed by atoms with E-state index in [2.05, 4.69) is 6.92 Å². The summed E-state index contributed by atoms with van der Waals surface area (Å²) in [6.45, 7) is 2.67. The van der Waals surface area contributed by atoms with Crippen molar-refractivity contribution in [3.63, 3.8) is 0 Å². The monoisotopic (exact) mass is 464 g/mol. The van der Waals surface area contributed by atoms with Gasteiger partial charge in [0.1, 0.15) is 0 Å². The first-order valence-corrected chi connectivity index (χ1v) is 14.8. The molecular weight excluding hydrogens is 407 g/mol. The Balaban J connectivity index is 0. The smallest absolute Gasteiger partial charge is 0.324 e. The number of aliphatic hydroxyl groups is 1. The Labute approximate surface area is 196 Å². The first-order valence-electron chi connectivity index (χ1n) is 13.6. The van der Waals surface area contributed by atoms with Gasteiger partial charge in [0.05, 0.1) is 0 Å². The summed E-state index contributed by atoms with van der Waals surface area (Å²) in [5.74, 6) is 0. The van der Waals surface area contributed by atoms with E-state index in [1.54, 1.807) is 0 Å². The van der Waals surface area contributed by atoms with Gasteiger partial charge in [-0.2, -0.15) is 0 Å². The molecule has 0 aliphatic heterocycles. The van der Waals surface area contributed by atoms with Crippen LogP contribution in [0.2, 0.25) is 0 Å². The second-order valence-corrected chi connectivity index (χ2v) is 9.66. The van der Waals surface area contributed by atoms with Gasteiger partial charge in [-0.15, -0.1) is 0 Å². The molecule has 0 aromatic carbocycles. The average molecular weight is 465 g/mol. The van der Waals surface area contributed by atoms with Crippen molar-refractivity contribution in [2.75, 3.05) is 6.61 Å². The maximum atomic E-state index is 8.74. The highest BCUT2D eigenvalue weighted by molar-refractivity contribution is 7.38. The molecule has 0 fully saturated rings. The molecule has 0 saturated carbocycles. The molecule has 0 radical (unpaired) electrons. The predicted molar refractivity (Wildman–Crippen MR) is 137 cm³/mol. The lowest BCUT2D eigenvalue weighted by molar-refractivity contribution is 0.282. The van der Waals surface area contributed by atoms with Crippen LogP contribution in [0.5, 0.6) is 0 Å². The molecule has 0 heterocycles. The van der Waals surface area contributed by atoms with Gasteiger partial charge >= 0.3 is 8.60 Å². The molecule has 0 aliphatic rings. The van der Waals surface area contributed by atoms with Crippen LogP contribution in [0, 0.1) is 0 Å². The van der Waals surface area contributed by atoms with E-state index in [1.165, 1.54) is 148 Å². The van der Waals surface area contributed by atoms with Gasteiger partial charge in [-0.1, -0.05) is 155 Å². The zero-order chi connectivity index (χ0) is 23.3. The lowest BCUT2D eigenvalue weighted by atomic mass is 10.0. The summed E-state index contributed by atoms with van der Waals surface area (Å²) in [5.41, 5.74) is 0. The fraction of sp³-hybridized carbons (Fsp3) is 1.00. The Kier molecular flexibility index (Phi) is 35.0. The highest BCUT2D eigenvalue weighted by atomic mass is 31.2. The summed E-state index contributed by atoms with van der Waals surface area (Å²) in [5, 5.41) is 8.74. The van der Waals surface area contributed by atoms with E-state index in [1.807, 2.05) is 0 Å². The van der Waals surface area contributed by atoms with Gasteiger partial charge < -0.3 is 19.8 Å². The fourth-order valence-corrected chi connectivity index (χ4v) is 4.07. The quantitative estimate of drug-likeness (QED) is 0.0852. The van der Waals surface area contributed by atoms with E-state index in [0.29, 0.717) is 6.61 Å². The van der Waals surface area contributed by atoms with Crippen molar-refractivity contribution in [1.29, 1.82) is 0 Å². The number of aliphatic hydroxyl groups excluding tert-OH is 1. The molecule has 0 spiro atoms. The lowest BCUT2D eigenvalue weighted by Gasteiger charge is -2.04. The third-order valence-corrected chi connectivity index (χ3v) is 6.01. The van der Waals surface area contributed by atoms with Crippen LogP contribution >= 0.6 is 8.60 Å². The largest absolute Gasteiger partial charge is 0.396 e. The molecule has 0 aromatic rings. The van der Waals surface area contributed by atoms with Crippen molar-refractivity contribution in [3.8, 4) is 0 Å². The van der Waals surface area contributed by atoms with Crippen LogP contribution in [0.15, 0.2) is 0 Å². The van der Waals surface area contributed by atoms with E-state index in [9.17, 15) is 0 Å². The van der Waals surface area contributed by atoms with E-state index in [-0.39, 0.29) is 0 Å². The van der Waals surface area contributed by atoms with Crippen LogP contribution in [0.4, 0.5) is 0 Å². The number of rotatable bonds is 24. The van der Waals surface area contributed by atoms with Crippen LogP contribution in [0.25, 0.3) is 0 Å². The van der Waals surface area contributed by atoms with E-state index in [0.717, 1.165) is 6.42 Å². The minimum atomic E-state index is -2.62. The van der Waals surface area contributed by atoms with Crippen molar-refractivity contribution in [2.45, 2.75) is 161 Å². The summed E-state index contributed by atoms with van der Waals surface area (Å²) in [4.78, 5) is 21.7. The molecule has 0 bridgehead atoms. The number of unbranched alkanes of at least 4 members (excludes halogenated alkanes) is 23. The molecule has 0 rings (SSSR count). The van der Waals surface area contributed by atoms with Crippen LogP contribution in [-0.2, 0) is 0 Å². The van der Waals surface area contributed by atoms with Gasteiger partial charge in [-0.25, -0.2) is 0 Å². The SMILES string of the molecule is CCCCCCCCCCCCCCCCCCCCCCCCCCO.OP(O)O. The molecule has 5 heteroatoms. The average Bonchev–Trinajstić information content (AvgIpc) is 2.74. The van der Waals surface area contributed by atoms with Crippen LogP contribution < -0.4 is 0 Å². The van der Waals surface area contributed by atoms with Crippen molar-refractivity contribution < 1.29 is 19.8 Å². The Bertz CT molecular complexity index is 264. The second kappa shape index (κ2) is 32.4. The summed E-state index contributed by atoms with van der Waals surface area (Å²) in [6.07, 6.45) is 34.1. The van der Waals surface area contributed by atoms with Crippen molar-refractivity contribution >= 4 is 8.60 Å². The van der Waals surface area contributed by atoms with Gasteiger partial charge in [0.2, 0.25) is 0 Å². The van der Waals surface area contributed by atoms with E-state index < -0.39 is 8.60 Å². The fourth-order valence-electron chi connectivity index (χ4n) is 4.07. The summed E-state index contributed by atoms with van der Waals surface area (Å²) < 4.78 is 0. The lowest BCUT2D eigenvalue weighted by Crippen LogP contribution is -1.85. The van der Waals surface area contributed by atoms with E-state index >= 15 is 0 Å². The molecule has 4 nitrogen and oxygen atoms in total. The number of hydrogen-bond donors (Lipinski definition) is 4. The Morgan fingerprint density at radius 2 is 0.516 bits per heavy atom. The summed E-state index contributed by atoms with van der Waals surface area (Å²) >= 11 is 0. The maximum absolute atomic E-state index is 8.74. The maximum Gasteiger partial charge on any atom is 0.324 e. The highest BCUT2D eigenvalue weighted by Crippen LogP contribution is 2.15. The van der Waals surface area contributed by atoms with Gasteiger partial charge in [-0.05, 0) is 6.42 Å². The molecule has 0 aromatic heterocycles. The normalized spacial score (nSPS) is 11.0. The zero-order valence-corrected chi connectivity index (χ0v) is 21.8. The summed E-state index contributed by atoms with van der Waals surface area (Å²) in [6, 6.07) is 0. The second-order valence-electron chi connectivity index (χ2n) is 9.12. The van der Waals surface area contributed by atoms with Crippen molar-refractivity contribution in [3.05, 3.63) is 0 Å². The van der Waals surface area contributed by atoms with Crippen LogP contribution in [-0.4, -0.2) is 26.4 Å². The molecule has 0 atom stereocenters. The Morgan fingerprint density at radius 3 is 0.677 bits per heavy atom. The topological polar surface area (TPSA) is 80.9 Å². The molecule has 0 amide bonds. The van der Waals surface area contributed by atoms with Crippen LogP contribution in [0.3, 0.4) is 0 Å². The zero-order valence-electron chi connectivity index (χ0n) is 20.9. The minimum Gasteiger partial charge on any atom is -0.396 e. The third-order valence-electron chi connectivity index (χ3n) is 6.01. The van der Waals surface area contributed by atoms with Gasteiger partial charge in [0.15, 0.2) is 0 Å². The Hall–Kier alpha value is 0.270. The molecule has 190 valence electrons. The molecule has 0 aliphatic carbocycles. The first-order chi connectivity index (χ1) is 15.1. The van der Waals surface area contributed by atoms with Crippen molar-refractivity contribution in [1.82, 2.24) is 0 Å². The standard InChI is InChI=1S/C26H54O.H3O3P/c1-2-3-4-5-6-7-8-9-10-11-12-13-14-15-16-17-18-19-20-21-22-23-24-25-26-27;1-4(2)3/h27H,2-26H2,1H3;1-3H. The van der Waals surface area contributed by atoms with Crippen molar-refractivity contribution in [2.24, 2.45) is 0 Å². The molecule has 31 heavy (non-hydrogen) atoms. The third kappa shape index (κ3) is 41.1. The molecule has 4 N–H and O–H groups in total. The molecular formula is C26H57O4P. The van der Waals surface area contributed by atoms with Gasteiger partial charge in [-0.3, -0.25) is 0 Å². The minimum absolute atomic E-state index is 0.374. The van der Waals surface area contributed by atoms with Gasteiger partial charge in [0, 0.05) is 6.61 Å². The highest BCUT2D eigenvalue weighted by Gasteiger charge is 1.96. The van der Waals surface area contributed by atoms with Gasteiger partial charge in [0.25, 0.3) is 0 Å². The Morgan fingerprint density at radius 1 is 0.355 bits per heavy atom. The first kappa shape index (κ1) is 33.4.